The van der Waals surface area contributed by atoms with Gasteiger partial charge in [-0.05, 0) is 40.0 Å². The maximum Gasteiger partial charge on any atom is 0.240 e. The predicted molar refractivity (Wildman–Crippen MR) is 72.7 cm³/mol. The highest BCUT2D eigenvalue weighted by Crippen LogP contribution is 2.27. The van der Waals surface area contributed by atoms with Crippen molar-refractivity contribution in [3.05, 3.63) is 17.0 Å². The summed E-state index contributed by atoms with van der Waals surface area (Å²) in [4.78, 5) is 12.2. The van der Waals surface area contributed by atoms with Gasteiger partial charge in [0.1, 0.15) is 5.76 Å². The molecule has 1 unspecified atom stereocenters. The minimum absolute atomic E-state index is 0.0238. The van der Waals surface area contributed by atoms with Crippen LogP contribution in [0.3, 0.4) is 0 Å². The van der Waals surface area contributed by atoms with Crippen molar-refractivity contribution in [2.45, 2.75) is 64.5 Å². The molecule has 5 nitrogen and oxygen atoms in total. The molecule has 3 N–H and O–H groups in total. The van der Waals surface area contributed by atoms with Gasteiger partial charge in [-0.2, -0.15) is 0 Å². The molecule has 0 radical (unpaired) electrons. The van der Waals surface area contributed by atoms with Crippen LogP contribution in [0, 0.1) is 13.8 Å². The van der Waals surface area contributed by atoms with Crippen molar-refractivity contribution < 1.29 is 9.32 Å². The van der Waals surface area contributed by atoms with Gasteiger partial charge >= 0.3 is 0 Å². The summed E-state index contributed by atoms with van der Waals surface area (Å²) in [6.45, 7) is 5.80. The fourth-order valence-corrected chi connectivity index (χ4v) is 2.75. The highest BCUT2D eigenvalue weighted by molar-refractivity contribution is 5.86. The van der Waals surface area contributed by atoms with Gasteiger partial charge in [0, 0.05) is 11.6 Å². The molecule has 5 heteroatoms. The fourth-order valence-electron chi connectivity index (χ4n) is 2.75. The molecule has 2 rings (SSSR count). The van der Waals surface area contributed by atoms with Crippen molar-refractivity contribution in [3.63, 3.8) is 0 Å². The molecule has 1 aromatic heterocycles. The number of hydrogen-bond donors (Lipinski definition) is 2. The molecular weight excluding hydrogens is 242 g/mol. The molecule has 106 valence electrons. The maximum atomic E-state index is 12.2. The van der Waals surface area contributed by atoms with Crippen LogP contribution >= 0.6 is 0 Å². The van der Waals surface area contributed by atoms with E-state index < -0.39 is 5.54 Å². The van der Waals surface area contributed by atoms with E-state index in [0.717, 1.165) is 49.1 Å². The lowest BCUT2D eigenvalue weighted by atomic mass is 9.97. The quantitative estimate of drug-likeness (QED) is 0.866. The minimum Gasteiger partial charge on any atom is -0.361 e. The summed E-state index contributed by atoms with van der Waals surface area (Å²) < 4.78 is 5.13. The van der Waals surface area contributed by atoms with Gasteiger partial charge in [-0.3, -0.25) is 4.79 Å². The van der Waals surface area contributed by atoms with Gasteiger partial charge in [-0.1, -0.05) is 18.0 Å². The molecule has 1 heterocycles. The van der Waals surface area contributed by atoms with Crippen LogP contribution in [0.25, 0.3) is 0 Å². The number of rotatable bonds is 4. The molecule has 0 spiro atoms. The number of hydrogen-bond acceptors (Lipinski definition) is 4. The number of aromatic nitrogens is 1. The van der Waals surface area contributed by atoms with Crippen molar-refractivity contribution >= 4 is 5.91 Å². The number of nitrogens with one attached hydrogen (secondary N) is 1. The van der Waals surface area contributed by atoms with Gasteiger partial charge < -0.3 is 15.6 Å². The highest BCUT2D eigenvalue weighted by Gasteiger charge is 2.37. The summed E-state index contributed by atoms with van der Waals surface area (Å²) in [5.41, 5.74) is 7.45. The summed E-state index contributed by atoms with van der Waals surface area (Å²) in [5.74, 6) is 0.797. The topological polar surface area (TPSA) is 81.2 Å². The molecule has 19 heavy (non-hydrogen) atoms. The summed E-state index contributed by atoms with van der Waals surface area (Å²) in [5, 5.41) is 6.95. The average molecular weight is 265 g/mol. The first-order valence-electron chi connectivity index (χ1n) is 6.94. The molecule has 0 aliphatic heterocycles. The normalized spacial score (nSPS) is 19.4. The van der Waals surface area contributed by atoms with Gasteiger partial charge in [-0.15, -0.1) is 0 Å². The molecule has 0 bridgehead atoms. The third-order valence-electron chi connectivity index (χ3n) is 4.02. The first-order valence-corrected chi connectivity index (χ1v) is 6.94. The first kappa shape index (κ1) is 14.1. The Morgan fingerprint density at radius 3 is 2.63 bits per heavy atom. The Morgan fingerprint density at radius 2 is 2.11 bits per heavy atom. The van der Waals surface area contributed by atoms with Crippen LogP contribution in [0.2, 0.25) is 0 Å². The first-order chi connectivity index (χ1) is 8.92. The van der Waals surface area contributed by atoms with Gasteiger partial charge in [0.25, 0.3) is 0 Å². The minimum atomic E-state index is -0.660. The molecule has 1 saturated carbocycles. The molecule has 1 fully saturated rings. The Bertz CT molecular complexity index is 442. The molecule has 0 aromatic carbocycles. The van der Waals surface area contributed by atoms with Crippen LogP contribution in [-0.4, -0.2) is 22.6 Å². The van der Waals surface area contributed by atoms with Crippen molar-refractivity contribution in [3.8, 4) is 0 Å². The average Bonchev–Trinajstić information content (AvgIpc) is 2.91. The van der Waals surface area contributed by atoms with E-state index in [1.54, 1.807) is 0 Å². The summed E-state index contributed by atoms with van der Waals surface area (Å²) in [6.07, 6.45) is 4.39. The van der Waals surface area contributed by atoms with Crippen molar-refractivity contribution in [2.24, 2.45) is 5.73 Å². The van der Waals surface area contributed by atoms with E-state index in [0.29, 0.717) is 0 Å². The number of nitrogens with zero attached hydrogens (tertiary/aromatic N) is 1. The molecule has 1 aromatic rings. The van der Waals surface area contributed by atoms with Crippen LogP contribution in [-0.2, 0) is 11.2 Å². The van der Waals surface area contributed by atoms with Crippen LogP contribution < -0.4 is 11.1 Å². The number of carbonyl (C=O) groups is 1. The number of aryl methyl sites for hydroxylation is 2. The van der Waals surface area contributed by atoms with Crippen molar-refractivity contribution in [1.29, 1.82) is 0 Å². The molecule has 1 atom stereocenters. The Kier molecular flexibility index (Phi) is 3.94. The van der Waals surface area contributed by atoms with Crippen molar-refractivity contribution in [2.75, 3.05) is 0 Å². The SMILES string of the molecule is Cc1noc(C)c1CC(C)NC(=O)C1(N)CCCC1. The maximum absolute atomic E-state index is 12.2. The third-order valence-corrected chi connectivity index (χ3v) is 4.02. The second-order valence-electron chi connectivity index (χ2n) is 5.74. The van der Waals surface area contributed by atoms with Gasteiger partial charge in [0.15, 0.2) is 0 Å². The second-order valence-corrected chi connectivity index (χ2v) is 5.74. The monoisotopic (exact) mass is 265 g/mol. The Hall–Kier alpha value is -1.36. The van der Waals surface area contributed by atoms with E-state index in [1.165, 1.54) is 0 Å². The van der Waals surface area contributed by atoms with Crippen LogP contribution in [0.5, 0.6) is 0 Å². The van der Waals surface area contributed by atoms with Gasteiger partial charge in [0.05, 0.1) is 11.2 Å². The second kappa shape index (κ2) is 5.33. The lowest BCUT2D eigenvalue weighted by molar-refractivity contribution is -0.126. The Morgan fingerprint density at radius 1 is 1.47 bits per heavy atom. The van der Waals surface area contributed by atoms with E-state index >= 15 is 0 Å². The summed E-state index contributed by atoms with van der Waals surface area (Å²) >= 11 is 0. The molecule has 1 amide bonds. The van der Waals surface area contributed by atoms with E-state index in [1.807, 2.05) is 20.8 Å². The van der Waals surface area contributed by atoms with Crippen LogP contribution in [0.4, 0.5) is 0 Å². The summed E-state index contributed by atoms with van der Waals surface area (Å²) in [7, 11) is 0. The zero-order chi connectivity index (χ0) is 14.0. The van der Waals surface area contributed by atoms with Gasteiger partial charge in [-0.25, -0.2) is 0 Å². The fraction of sp³-hybridized carbons (Fsp3) is 0.714. The van der Waals surface area contributed by atoms with E-state index in [-0.39, 0.29) is 11.9 Å². The van der Waals surface area contributed by atoms with E-state index in [9.17, 15) is 4.79 Å². The van der Waals surface area contributed by atoms with Gasteiger partial charge in [0.2, 0.25) is 5.91 Å². The summed E-state index contributed by atoms with van der Waals surface area (Å²) in [6, 6.07) is 0.0327. The van der Waals surface area contributed by atoms with Crippen LogP contribution in [0.15, 0.2) is 4.52 Å². The smallest absolute Gasteiger partial charge is 0.240 e. The van der Waals surface area contributed by atoms with Crippen molar-refractivity contribution in [1.82, 2.24) is 10.5 Å². The predicted octanol–water partition coefficient (Wildman–Crippen LogP) is 1.61. The van der Waals surface area contributed by atoms with Crippen LogP contribution in [0.1, 0.15) is 49.6 Å². The Balaban J connectivity index is 1.94. The van der Waals surface area contributed by atoms with E-state index in [2.05, 4.69) is 10.5 Å². The standard InChI is InChI=1S/C14H23N3O2/c1-9(8-12-10(2)17-19-11(12)3)16-13(18)14(15)6-4-5-7-14/h9H,4-8,15H2,1-3H3,(H,16,18). The molecule has 1 aliphatic rings. The van der Waals surface area contributed by atoms with E-state index in [4.69, 9.17) is 10.3 Å². The third kappa shape index (κ3) is 2.97. The zero-order valence-electron chi connectivity index (χ0n) is 12.0. The largest absolute Gasteiger partial charge is 0.361 e. The zero-order valence-corrected chi connectivity index (χ0v) is 12.0. The lowest BCUT2D eigenvalue weighted by Crippen LogP contribution is -2.54. The number of nitrogens with two attached hydrogens (primary N) is 1. The Labute approximate surface area is 113 Å². The molecular formula is C14H23N3O2. The highest BCUT2D eigenvalue weighted by atomic mass is 16.5. The molecule has 1 aliphatic carbocycles. The molecule has 0 saturated heterocycles. The number of carbonyl (C=O) groups excluding carboxylic acids is 1. The number of amides is 1. The lowest BCUT2D eigenvalue weighted by Gasteiger charge is -2.25.